The van der Waals surface area contributed by atoms with Crippen molar-refractivity contribution >= 4 is 11.8 Å². The lowest BCUT2D eigenvalue weighted by Gasteiger charge is -2.43. The monoisotopic (exact) mass is 214 g/mol. The second kappa shape index (κ2) is 4.75. The molecular weight excluding hydrogens is 196 g/mol. The summed E-state index contributed by atoms with van der Waals surface area (Å²) in [7, 11) is 2.78. The zero-order chi connectivity index (χ0) is 11.5. The third-order valence-electron chi connectivity index (χ3n) is 3.24. The van der Waals surface area contributed by atoms with Crippen molar-refractivity contribution in [2.24, 2.45) is 11.3 Å². The van der Waals surface area contributed by atoms with E-state index in [1.54, 1.807) is 0 Å². The summed E-state index contributed by atoms with van der Waals surface area (Å²) in [5.74, 6) is -0.0966. The second-order valence-electron chi connectivity index (χ2n) is 4.11. The molecular formula is C11H18O4. The van der Waals surface area contributed by atoms with Crippen LogP contribution in [0.5, 0.6) is 0 Å². The fourth-order valence-corrected chi connectivity index (χ4v) is 2.19. The topological polar surface area (TPSA) is 52.6 Å². The number of methoxy groups -OCH3 is 2. The summed E-state index contributed by atoms with van der Waals surface area (Å²) in [6.45, 7) is 2.05. The lowest BCUT2D eigenvalue weighted by molar-refractivity contribution is -0.169. The minimum absolute atomic E-state index is 0.00840. The van der Waals surface area contributed by atoms with E-state index in [0.717, 1.165) is 6.42 Å². The predicted octanol–water partition coefficient (Wildman–Crippen LogP) is 1.18. The van der Waals surface area contributed by atoms with Gasteiger partial charge in [0.05, 0.1) is 7.11 Å². The molecule has 0 heterocycles. The summed E-state index contributed by atoms with van der Waals surface area (Å²) in [6.07, 6.45) is 2.22. The van der Waals surface area contributed by atoms with Crippen molar-refractivity contribution in [3.8, 4) is 0 Å². The van der Waals surface area contributed by atoms with Crippen LogP contribution < -0.4 is 0 Å². The van der Waals surface area contributed by atoms with Crippen molar-refractivity contribution in [1.29, 1.82) is 0 Å². The molecule has 1 aliphatic rings. The van der Waals surface area contributed by atoms with Crippen molar-refractivity contribution in [3.05, 3.63) is 0 Å². The molecule has 0 aromatic heterocycles. The van der Waals surface area contributed by atoms with E-state index in [-0.39, 0.29) is 12.4 Å². The molecule has 0 aliphatic heterocycles. The highest BCUT2D eigenvalue weighted by atomic mass is 16.5. The van der Waals surface area contributed by atoms with Crippen molar-refractivity contribution in [1.82, 2.24) is 0 Å². The zero-order valence-corrected chi connectivity index (χ0v) is 9.54. The first kappa shape index (κ1) is 12.2. The molecule has 0 amide bonds. The number of ether oxygens (including phenoxy) is 2. The molecule has 0 unspecified atom stereocenters. The van der Waals surface area contributed by atoms with E-state index >= 15 is 0 Å². The van der Waals surface area contributed by atoms with Crippen LogP contribution in [0.4, 0.5) is 0 Å². The molecule has 0 aromatic carbocycles. The highest BCUT2D eigenvalue weighted by molar-refractivity contribution is 6.05. The molecule has 86 valence electrons. The highest BCUT2D eigenvalue weighted by Crippen LogP contribution is 2.48. The van der Waals surface area contributed by atoms with Crippen LogP contribution in [0.1, 0.15) is 26.2 Å². The number of rotatable bonds is 5. The summed E-state index contributed by atoms with van der Waals surface area (Å²) < 4.78 is 9.49. The molecule has 15 heavy (non-hydrogen) atoms. The van der Waals surface area contributed by atoms with Gasteiger partial charge in [0.1, 0.15) is 12.0 Å². The van der Waals surface area contributed by atoms with Crippen LogP contribution in [-0.2, 0) is 19.1 Å². The Morgan fingerprint density at radius 3 is 2.33 bits per heavy atom. The number of carbonyl (C=O) groups is 2. The molecule has 1 saturated carbocycles. The van der Waals surface area contributed by atoms with E-state index in [1.807, 2.05) is 0 Å². The third kappa shape index (κ3) is 2.04. The van der Waals surface area contributed by atoms with Gasteiger partial charge in [-0.05, 0) is 18.8 Å². The van der Waals surface area contributed by atoms with Crippen LogP contribution in [0.15, 0.2) is 0 Å². The van der Waals surface area contributed by atoms with Gasteiger partial charge in [-0.15, -0.1) is 0 Å². The summed E-state index contributed by atoms with van der Waals surface area (Å²) in [5, 5.41) is 0. The molecule has 0 atom stereocenters. The van der Waals surface area contributed by atoms with Crippen LogP contribution in [0.25, 0.3) is 0 Å². The molecule has 1 fully saturated rings. The van der Waals surface area contributed by atoms with E-state index < -0.39 is 11.4 Å². The Bertz CT molecular complexity index is 253. The molecule has 0 aromatic rings. The molecule has 0 N–H and O–H groups in total. The highest BCUT2D eigenvalue weighted by Gasteiger charge is 2.55. The van der Waals surface area contributed by atoms with Gasteiger partial charge in [-0.2, -0.15) is 0 Å². The lowest BCUT2D eigenvalue weighted by atomic mass is 9.59. The lowest BCUT2D eigenvalue weighted by Crippen LogP contribution is -2.51. The van der Waals surface area contributed by atoms with Gasteiger partial charge in [-0.25, -0.2) is 0 Å². The van der Waals surface area contributed by atoms with Crippen molar-refractivity contribution in [2.75, 3.05) is 20.8 Å². The van der Waals surface area contributed by atoms with Gasteiger partial charge >= 0.3 is 5.97 Å². The minimum Gasteiger partial charge on any atom is -0.468 e. The Balaban J connectivity index is 2.72. The molecule has 4 heteroatoms. The van der Waals surface area contributed by atoms with E-state index in [9.17, 15) is 9.59 Å². The predicted molar refractivity (Wildman–Crippen MR) is 54.3 cm³/mol. The van der Waals surface area contributed by atoms with Gasteiger partial charge in [0.25, 0.3) is 0 Å². The fraction of sp³-hybridized carbons (Fsp3) is 0.818. The average molecular weight is 214 g/mol. The maximum atomic E-state index is 11.8. The number of carbonyl (C=O) groups excluding carboxylic acids is 2. The second-order valence-corrected chi connectivity index (χ2v) is 4.11. The van der Waals surface area contributed by atoms with Gasteiger partial charge in [0.2, 0.25) is 0 Å². The van der Waals surface area contributed by atoms with Gasteiger partial charge in [-0.3, -0.25) is 9.59 Å². The fourth-order valence-electron chi connectivity index (χ4n) is 2.19. The van der Waals surface area contributed by atoms with Crippen LogP contribution in [0.2, 0.25) is 0 Å². The van der Waals surface area contributed by atoms with Crippen molar-refractivity contribution in [2.45, 2.75) is 26.2 Å². The molecule has 0 bridgehead atoms. The van der Waals surface area contributed by atoms with Crippen LogP contribution >= 0.6 is 0 Å². The Hall–Kier alpha value is -0.900. The maximum Gasteiger partial charge on any atom is 0.319 e. The van der Waals surface area contributed by atoms with E-state index in [1.165, 1.54) is 14.2 Å². The van der Waals surface area contributed by atoms with Crippen LogP contribution in [0, 0.1) is 11.3 Å². The number of hydrogen-bond acceptors (Lipinski definition) is 4. The first-order valence-electron chi connectivity index (χ1n) is 5.21. The minimum atomic E-state index is -0.911. The summed E-state index contributed by atoms with van der Waals surface area (Å²) in [4.78, 5) is 23.4. The first-order valence-corrected chi connectivity index (χ1v) is 5.21. The Kier molecular flexibility index (Phi) is 3.85. The molecule has 0 spiro atoms. The smallest absolute Gasteiger partial charge is 0.319 e. The van der Waals surface area contributed by atoms with Crippen LogP contribution in [0.3, 0.4) is 0 Å². The molecule has 0 radical (unpaired) electrons. The largest absolute Gasteiger partial charge is 0.468 e. The summed E-state index contributed by atoms with van der Waals surface area (Å²) >= 11 is 0. The average Bonchev–Trinajstić information content (AvgIpc) is 2.16. The van der Waals surface area contributed by atoms with Crippen molar-refractivity contribution < 1.29 is 19.1 Å². The number of ketones is 1. The zero-order valence-electron chi connectivity index (χ0n) is 9.54. The summed E-state index contributed by atoms with van der Waals surface area (Å²) in [5.41, 5.74) is -0.911. The van der Waals surface area contributed by atoms with Gasteiger partial charge in [-0.1, -0.05) is 13.3 Å². The van der Waals surface area contributed by atoms with E-state index in [4.69, 9.17) is 9.47 Å². The van der Waals surface area contributed by atoms with Crippen LogP contribution in [-0.4, -0.2) is 32.6 Å². The van der Waals surface area contributed by atoms with Gasteiger partial charge in [0.15, 0.2) is 5.78 Å². The number of esters is 1. The first-order chi connectivity index (χ1) is 7.10. The van der Waals surface area contributed by atoms with Gasteiger partial charge in [0, 0.05) is 7.11 Å². The molecule has 1 aliphatic carbocycles. The quantitative estimate of drug-likeness (QED) is 0.509. The van der Waals surface area contributed by atoms with Gasteiger partial charge < -0.3 is 9.47 Å². The maximum absolute atomic E-state index is 11.8. The molecule has 4 nitrogen and oxygen atoms in total. The Morgan fingerprint density at radius 1 is 1.33 bits per heavy atom. The van der Waals surface area contributed by atoms with Crippen molar-refractivity contribution in [3.63, 3.8) is 0 Å². The third-order valence-corrected chi connectivity index (χ3v) is 3.24. The Morgan fingerprint density at radius 2 is 1.93 bits per heavy atom. The number of hydrogen-bond donors (Lipinski definition) is 0. The van der Waals surface area contributed by atoms with E-state index in [0.29, 0.717) is 18.8 Å². The Labute approximate surface area is 89.9 Å². The SMILES string of the molecule is CCC1CC(C(=O)COC)(C(=O)OC)C1. The summed E-state index contributed by atoms with van der Waals surface area (Å²) in [6, 6.07) is 0. The standard InChI is InChI=1S/C11H18O4/c1-4-8-5-11(6-8,10(13)15-3)9(12)7-14-2/h8H,4-7H2,1-3H3. The molecule has 0 saturated heterocycles. The van der Waals surface area contributed by atoms with E-state index in [2.05, 4.69) is 6.92 Å². The number of Topliss-reactive ketones (excluding diaryl/α,β-unsaturated/α-hetero) is 1. The molecule has 1 rings (SSSR count). The normalized spacial score (nSPS) is 29.4.